The topological polar surface area (TPSA) is 15.3 Å². The Bertz CT molecular complexity index is 248. The Balaban J connectivity index is 2.71. The zero-order valence-corrected chi connectivity index (χ0v) is 14.1. The average molecular weight is 268 g/mol. The van der Waals surface area contributed by atoms with Gasteiger partial charge in [-0.1, -0.05) is 34.6 Å². The molecule has 0 amide bonds. The molecule has 19 heavy (non-hydrogen) atoms. The number of hydrogen-bond donors (Lipinski definition) is 1. The third-order valence-corrected chi connectivity index (χ3v) is 5.51. The zero-order chi connectivity index (χ0) is 14.5. The van der Waals surface area contributed by atoms with Crippen LogP contribution in [0.5, 0.6) is 0 Å². The number of nitrogens with one attached hydrogen (secondary N) is 1. The molecule has 1 saturated heterocycles. The van der Waals surface area contributed by atoms with Crippen LogP contribution in [0.2, 0.25) is 0 Å². The van der Waals surface area contributed by atoms with E-state index in [1.54, 1.807) is 0 Å². The fourth-order valence-electron chi connectivity index (χ4n) is 3.64. The summed E-state index contributed by atoms with van der Waals surface area (Å²) in [6.07, 6.45) is 3.96. The Morgan fingerprint density at radius 2 is 1.74 bits per heavy atom. The molecule has 0 aliphatic carbocycles. The van der Waals surface area contributed by atoms with Gasteiger partial charge in [0.1, 0.15) is 0 Å². The van der Waals surface area contributed by atoms with Crippen LogP contribution < -0.4 is 5.32 Å². The van der Waals surface area contributed by atoms with Crippen LogP contribution in [0.3, 0.4) is 0 Å². The van der Waals surface area contributed by atoms with E-state index in [9.17, 15) is 0 Å². The SMILES string of the molecule is CCNCC(CC)(CC)CN1CC(C)CC(C)C1C. The van der Waals surface area contributed by atoms with Crippen LogP contribution in [0.15, 0.2) is 0 Å². The van der Waals surface area contributed by atoms with E-state index in [1.807, 2.05) is 0 Å². The van der Waals surface area contributed by atoms with E-state index >= 15 is 0 Å². The summed E-state index contributed by atoms with van der Waals surface area (Å²) in [5.74, 6) is 1.70. The van der Waals surface area contributed by atoms with E-state index in [0.717, 1.165) is 24.4 Å². The summed E-state index contributed by atoms with van der Waals surface area (Å²) in [6.45, 7) is 19.0. The molecule has 1 aliphatic rings. The first kappa shape index (κ1) is 17.0. The summed E-state index contributed by atoms with van der Waals surface area (Å²) in [5, 5.41) is 3.59. The maximum Gasteiger partial charge on any atom is 0.00930 e. The first-order valence-electron chi connectivity index (χ1n) is 8.42. The lowest BCUT2D eigenvalue weighted by atomic mass is 9.78. The largest absolute Gasteiger partial charge is 0.316 e. The Morgan fingerprint density at radius 3 is 2.26 bits per heavy atom. The van der Waals surface area contributed by atoms with E-state index in [-0.39, 0.29) is 0 Å². The van der Waals surface area contributed by atoms with E-state index in [4.69, 9.17) is 0 Å². The molecule has 114 valence electrons. The molecule has 2 nitrogen and oxygen atoms in total. The van der Waals surface area contributed by atoms with Crippen molar-refractivity contribution in [2.24, 2.45) is 17.3 Å². The van der Waals surface area contributed by atoms with Gasteiger partial charge in [-0.05, 0) is 50.0 Å². The lowest BCUT2D eigenvalue weighted by Crippen LogP contribution is -2.52. The van der Waals surface area contributed by atoms with Crippen molar-refractivity contribution in [3.05, 3.63) is 0 Å². The molecule has 0 spiro atoms. The van der Waals surface area contributed by atoms with Crippen molar-refractivity contribution in [1.82, 2.24) is 10.2 Å². The molecule has 0 aromatic heterocycles. The van der Waals surface area contributed by atoms with Gasteiger partial charge >= 0.3 is 0 Å². The van der Waals surface area contributed by atoms with E-state index in [1.165, 1.54) is 38.9 Å². The summed E-state index contributed by atoms with van der Waals surface area (Å²) < 4.78 is 0. The molecule has 1 aliphatic heterocycles. The van der Waals surface area contributed by atoms with Crippen LogP contribution in [0.4, 0.5) is 0 Å². The van der Waals surface area contributed by atoms with Crippen molar-refractivity contribution in [3.8, 4) is 0 Å². The fourth-order valence-corrected chi connectivity index (χ4v) is 3.64. The second-order valence-electron chi connectivity index (χ2n) is 6.98. The summed E-state index contributed by atoms with van der Waals surface area (Å²) in [6, 6.07) is 0.746. The second kappa shape index (κ2) is 7.64. The predicted octanol–water partition coefficient (Wildman–Crippen LogP) is 3.77. The van der Waals surface area contributed by atoms with Crippen LogP contribution in [0, 0.1) is 17.3 Å². The van der Waals surface area contributed by atoms with Gasteiger partial charge in [0.2, 0.25) is 0 Å². The van der Waals surface area contributed by atoms with Crippen molar-refractivity contribution in [3.63, 3.8) is 0 Å². The monoisotopic (exact) mass is 268 g/mol. The molecular formula is C17H36N2. The number of nitrogens with zero attached hydrogens (tertiary/aromatic N) is 1. The minimum atomic E-state index is 0.459. The van der Waals surface area contributed by atoms with Gasteiger partial charge < -0.3 is 5.32 Å². The third kappa shape index (κ3) is 4.46. The van der Waals surface area contributed by atoms with Gasteiger partial charge in [0.05, 0.1) is 0 Å². The van der Waals surface area contributed by atoms with Crippen molar-refractivity contribution in [1.29, 1.82) is 0 Å². The lowest BCUT2D eigenvalue weighted by molar-refractivity contribution is 0.0322. The summed E-state index contributed by atoms with van der Waals surface area (Å²) in [4.78, 5) is 2.77. The molecule has 1 fully saturated rings. The van der Waals surface area contributed by atoms with Crippen molar-refractivity contribution in [2.45, 2.75) is 66.8 Å². The molecule has 0 bridgehead atoms. The number of rotatable bonds is 7. The standard InChI is InChI=1S/C17H36N2/c1-7-17(8-2,12-18-9-3)13-19-11-14(4)10-15(5)16(19)6/h14-16,18H,7-13H2,1-6H3. The van der Waals surface area contributed by atoms with E-state index in [0.29, 0.717) is 5.41 Å². The highest BCUT2D eigenvalue weighted by atomic mass is 15.2. The zero-order valence-electron chi connectivity index (χ0n) is 14.1. The van der Waals surface area contributed by atoms with Crippen molar-refractivity contribution >= 4 is 0 Å². The maximum absolute atomic E-state index is 3.59. The van der Waals surface area contributed by atoms with Gasteiger partial charge in [-0.2, -0.15) is 0 Å². The van der Waals surface area contributed by atoms with Crippen molar-refractivity contribution in [2.75, 3.05) is 26.2 Å². The van der Waals surface area contributed by atoms with Crippen LogP contribution in [-0.4, -0.2) is 37.1 Å². The van der Waals surface area contributed by atoms with Crippen LogP contribution >= 0.6 is 0 Å². The van der Waals surface area contributed by atoms with Gasteiger partial charge in [0.15, 0.2) is 0 Å². The fraction of sp³-hybridized carbons (Fsp3) is 1.00. The third-order valence-electron chi connectivity index (χ3n) is 5.51. The summed E-state index contributed by atoms with van der Waals surface area (Å²) in [5.41, 5.74) is 0.459. The predicted molar refractivity (Wildman–Crippen MR) is 85.5 cm³/mol. The highest BCUT2D eigenvalue weighted by molar-refractivity contribution is 4.89. The van der Waals surface area contributed by atoms with Crippen LogP contribution in [-0.2, 0) is 0 Å². The molecular weight excluding hydrogens is 232 g/mol. The molecule has 0 saturated carbocycles. The summed E-state index contributed by atoms with van der Waals surface area (Å²) in [7, 11) is 0. The van der Waals surface area contributed by atoms with E-state index < -0.39 is 0 Å². The Labute approximate surface area is 121 Å². The number of piperidine rings is 1. The van der Waals surface area contributed by atoms with Crippen LogP contribution in [0.1, 0.15) is 60.8 Å². The van der Waals surface area contributed by atoms with Gasteiger partial charge in [-0.25, -0.2) is 0 Å². The number of hydrogen-bond acceptors (Lipinski definition) is 2. The van der Waals surface area contributed by atoms with Gasteiger partial charge in [0, 0.05) is 25.7 Å². The van der Waals surface area contributed by atoms with Crippen molar-refractivity contribution < 1.29 is 0 Å². The minimum absolute atomic E-state index is 0.459. The van der Waals surface area contributed by atoms with Gasteiger partial charge in [-0.15, -0.1) is 0 Å². The minimum Gasteiger partial charge on any atom is -0.316 e. The molecule has 3 unspecified atom stereocenters. The smallest absolute Gasteiger partial charge is 0.00930 e. The highest BCUT2D eigenvalue weighted by Crippen LogP contribution is 2.33. The normalized spacial score (nSPS) is 29.7. The molecule has 1 rings (SSSR count). The molecule has 0 aromatic carbocycles. The Hall–Kier alpha value is -0.0800. The molecule has 3 atom stereocenters. The summed E-state index contributed by atoms with van der Waals surface area (Å²) >= 11 is 0. The first-order valence-corrected chi connectivity index (χ1v) is 8.42. The second-order valence-corrected chi connectivity index (χ2v) is 6.98. The van der Waals surface area contributed by atoms with Crippen LogP contribution in [0.25, 0.3) is 0 Å². The molecule has 1 N–H and O–H groups in total. The number of likely N-dealkylation sites (tertiary alicyclic amines) is 1. The first-order chi connectivity index (χ1) is 8.98. The maximum atomic E-state index is 3.59. The molecule has 1 heterocycles. The highest BCUT2D eigenvalue weighted by Gasteiger charge is 2.35. The van der Waals surface area contributed by atoms with E-state index in [2.05, 4.69) is 51.8 Å². The molecule has 0 aromatic rings. The Morgan fingerprint density at radius 1 is 1.11 bits per heavy atom. The average Bonchev–Trinajstić information content (AvgIpc) is 2.40. The van der Waals surface area contributed by atoms with Gasteiger partial charge in [-0.3, -0.25) is 4.90 Å². The van der Waals surface area contributed by atoms with Gasteiger partial charge in [0.25, 0.3) is 0 Å². The quantitative estimate of drug-likeness (QED) is 0.756. The molecule has 0 radical (unpaired) electrons. The Kier molecular flexibility index (Phi) is 6.82. The lowest BCUT2D eigenvalue weighted by Gasteiger charge is -2.46. The molecule has 2 heteroatoms.